The molecule has 0 saturated heterocycles. The van der Waals surface area contributed by atoms with E-state index in [0.29, 0.717) is 0 Å². The quantitative estimate of drug-likeness (QED) is 0.544. The molecule has 6 heteroatoms. The van der Waals surface area contributed by atoms with E-state index >= 15 is 0 Å². The van der Waals surface area contributed by atoms with Crippen LogP contribution in [0.4, 0.5) is 0 Å². The molecular formula is C6H10B3O3. The van der Waals surface area contributed by atoms with E-state index in [1.54, 1.807) is 0 Å². The highest BCUT2D eigenvalue weighted by Crippen LogP contribution is 1.92. The van der Waals surface area contributed by atoms with E-state index in [9.17, 15) is 0 Å². The zero-order valence-electron chi connectivity index (χ0n) is 6.85. The maximum atomic E-state index is 8.95. The topological polar surface area (TPSA) is 38.7 Å². The lowest BCUT2D eigenvalue weighted by Crippen LogP contribution is -2.30. The van der Waals surface area contributed by atoms with E-state index in [-0.39, 0.29) is 0 Å². The Morgan fingerprint density at radius 3 is 2.33 bits per heavy atom. The number of rotatable bonds is 7. The zero-order chi connectivity index (χ0) is 9.40. The molecule has 1 radical (unpaired) electrons. The molecule has 12 heavy (non-hydrogen) atoms. The van der Waals surface area contributed by atoms with Gasteiger partial charge in [0.25, 0.3) is 0 Å². The molecular weight excluding hydrogens is 152 g/mol. The molecule has 0 rings (SSSR count). The van der Waals surface area contributed by atoms with Crippen molar-refractivity contribution >= 4 is 21.7 Å². The molecule has 61 valence electrons. The van der Waals surface area contributed by atoms with Gasteiger partial charge in [0, 0.05) is 0 Å². The Bertz CT molecular complexity index is 162. The monoisotopic (exact) mass is 163 g/mol. The van der Waals surface area contributed by atoms with Crippen LogP contribution in [-0.4, -0.2) is 26.7 Å². The summed E-state index contributed by atoms with van der Waals surface area (Å²) < 4.78 is 9.79. The summed E-state index contributed by atoms with van der Waals surface area (Å²) in [6.45, 7) is 10.2. The summed E-state index contributed by atoms with van der Waals surface area (Å²) in [5.41, 5.74) is 0. The Labute approximate surface area is 74.3 Å². The molecule has 0 aliphatic heterocycles. The minimum Gasteiger partial charge on any atom is -0.472 e. The van der Waals surface area contributed by atoms with E-state index in [4.69, 9.17) is 14.2 Å². The summed E-state index contributed by atoms with van der Waals surface area (Å²) in [6, 6.07) is 0. The second-order valence-electron chi connectivity index (χ2n) is 1.87. The van der Waals surface area contributed by atoms with Crippen molar-refractivity contribution in [1.82, 2.24) is 0 Å². The van der Waals surface area contributed by atoms with Crippen molar-refractivity contribution in [3.8, 4) is 0 Å². The van der Waals surface area contributed by atoms with Crippen molar-refractivity contribution < 1.29 is 14.2 Å². The fourth-order valence-corrected chi connectivity index (χ4v) is 0.469. The van der Waals surface area contributed by atoms with Crippen LogP contribution in [-0.2, 0) is 9.14 Å². The Hall–Kier alpha value is -0.705. The van der Waals surface area contributed by atoms with Crippen LogP contribution in [0.25, 0.3) is 0 Å². The van der Waals surface area contributed by atoms with E-state index < -0.39 is 14.2 Å². The molecule has 0 bridgehead atoms. The minimum absolute atomic E-state index is 0.684. The summed E-state index contributed by atoms with van der Waals surface area (Å²) >= 11 is 0. The van der Waals surface area contributed by atoms with E-state index in [0.717, 1.165) is 0 Å². The fraction of sp³-hybridized carbons (Fsp3) is 0. The lowest BCUT2D eigenvalue weighted by Gasteiger charge is -2.10. The van der Waals surface area contributed by atoms with Gasteiger partial charge in [-0.1, -0.05) is 17.9 Å². The van der Waals surface area contributed by atoms with Gasteiger partial charge in [0.05, 0.1) is 0 Å². The summed E-state index contributed by atoms with van der Waals surface area (Å²) in [7, 11) is -0.385. The van der Waals surface area contributed by atoms with Crippen molar-refractivity contribution in [3.63, 3.8) is 0 Å². The van der Waals surface area contributed by atoms with Crippen molar-refractivity contribution in [3.05, 3.63) is 37.7 Å². The van der Waals surface area contributed by atoms with Gasteiger partial charge in [-0.25, -0.2) is 0 Å². The van der Waals surface area contributed by atoms with Gasteiger partial charge in [0.2, 0.25) is 0 Å². The van der Waals surface area contributed by atoms with Crippen LogP contribution in [0.3, 0.4) is 0 Å². The molecule has 0 aromatic carbocycles. The van der Waals surface area contributed by atoms with Crippen molar-refractivity contribution in [2.24, 2.45) is 0 Å². The molecule has 0 aliphatic rings. The highest BCUT2D eigenvalue weighted by atomic mass is 16.6. The van der Waals surface area contributed by atoms with Crippen LogP contribution in [0.5, 0.6) is 0 Å². The van der Waals surface area contributed by atoms with Crippen LogP contribution in [0.2, 0.25) is 0 Å². The molecule has 0 amide bonds. The van der Waals surface area contributed by atoms with Gasteiger partial charge in [-0.05, 0) is 0 Å². The first-order valence-corrected chi connectivity index (χ1v) is 3.43. The van der Waals surface area contributed by atoms with Crippen LogP contribution in [0.15, 0.2) is 37.7 Å². The highest BCUT2D eigenvalue weighted by Gasteiger charge is 2.18. The Balaban J connectivity index is 3.73. The average Bonchev–Trinajstić information content (AvgIpc) is 2.11. The lowest BCUT2D eigenvalue weighted by atomic mass is 9.79. The van der Waals surface area contributed by atoms with Gasteiger partial charge in [-0.15, -0.1) is 19.7 Å². The van der Waals surface area contributed by atoms with Crippen LogP contribution < -0.4 is 0 Å². The van der Waals surface area contributed by atoms with Gasteiger partial charge < -0.3 is 14.2 Å². The molecule has 0 aliphatic carbocycles. The van der Waals surface area contributed by atoms with Crippen LogP contribution >= 0.6 is 0 Å². The van der Waals surface area contributed by atoms with E-state index in [1.807, 2.05) is 0 Å². The Morgan fingerprint density at radius 2 is 1.92 bits per heavy atom. The smallest absolute Gasteiger partial charge is 0.469 e. The van der Waals surface area contributed by atoms with Crippen molar-refractivity contribution in [2.75, 3.05) is 0 Å². The van der Waals surface area contributed by atoms with Gasteiger partial charge in [0.15, 0.2) is 0 Å². The Kier molecular flexibility index (Phi) is 6.56. The average molecular weight is 163 g/mol. The maximum absolute atomic E-state index is 8.95. The maximum Gasteiger partial charge on any atom is 0.469 e. The van der Waals surface area contributed by atoms with Gasteiger partial charge >= 0.3 is 21.7 Å². The Morgan fingerprint density at radius 1 is 1.25 bits per heavy atom. The molecule has 0 aromatic rings. The third-order valence-electron chi connectivity index (χ3n) is 0.977. The predicted octanol–water partition coefficient (Wildman–Crippen LogP) is 0.201. The predicted molar refractivity (Wildman–Crippen MR) is 52.2 cm³/mol. The van der Waals surface area contributed by atoms with Crippen LogP contribution in [0.1, 0.15) is 0 Å². The number of hydrogen-bond donors (Lipinski definition) is 1. The summed E-state index contributed by atoms with van der Waals surface area (Å²) in [6.07, 6.45) is 0. The molecule has 0 unspecified atom stereocenters. The summed E-state index contributed by atoms with van der Waals surface area (Å²) in [5.74, 6) is 4.11. The second-order valence-corrected chi connectivity index (χ2v) is 1.87. The molecule has 1 N–H and O–H groups in total. The van der Waals surface area contributed by atoms with Gasteiger partial charge in [-0.2, -0.15) is 0 Å². The molecule has 0 fully saturated rings. The summed E-state index contributed by atoms with van der Waals surface area (Å²) in [5, 5.41) is 8.95. The first kappa shape index (κ1) is 11.3. The zero-order valence-corrected chi connectivity index (χ0v) is 6.85. The summed E-state index contributed by atoms with van der Waals surface area (Å²) in [4.78, 5) is 0. The van der Waals surface area contributed by atoms with Gasteiger partial charge in [0.1, 0.15) is 0 Å². The molecule has 0 heterocycles. The first-order valence-electron chi connectivity index (χ1n) is 3.43. The normalized spacial score (nSPS) is 8.42. The SMILES string of the molecule is C=C[B]OB(C=C)OB(O)C=C. The third kappa shape index (κ3) is 5.01. The highest BCUT2D eigenvalue weighted by molar-refractivity contribution is 6.67. The molecule has 0 atom stereocenters. The van der Waals surface area contributed by atoms with E-state index in [2.05, 4.69) is 19.7 Å². The van der Waals surface area contributed by atoms with Gasteiger partial charge in [-0.3, -0.25) is 0 Å². The minimum atomic E-state index is -1.05. The lowest BCUT2D eigenvalue weighted by molar-refractivity contribution is 0.390. The first-order chi connectivity index (χ1) is 5.74. The third-order valence-corrected chi connectivity index (χ3v) is 0.977. The fourth-order valence-electron chi connectivity index (χ4n) is 0.469. The number of hydrogen-bond acceptors (Lipinski definition) is 3. The molecule has 0 saturated carbocycles. The molecule has 3 nitrogen and oxygen atoms in total. The standard InChI is InChI=1S/C6H10B3O3/c1-4-7-11-9(6-3)12-8(10)5-2/h4-6,10H,1-3H2. The van der Waals surface area contributed by atoms with Crippen molar-refractivity contribution in [1.29, 1.82) is 0 Å². The van der Waals surface area contributed by atoms with Crippen molar-refractivity contribution in [2.45, 2.75) is 0 Å². The van der Waals surface area contributed by atoms with E-state index in [1.165, 1.54) is 25.4 Å². The van der Waals surface area contributed by atoms with Crippen LogP contribution in [0, 0.1) is 0 Å². The molecule has 0 aromatic heterocycles. The molecule has 0 spiro atoms. The largest absolute Gasteiger partial charge is 0.472 e. The second kappa shape index (κ2) is 6.97.